The molecule has 6 heteroatoms. The molecule has 0 bridgehead atoms. The highest BCUT2D eigenvalue weighted by Crippen LogP contribution is 2.37. The van der Waals surface area contributed by atoms with E-state index in [1.807, 2.05) is 42.1 Å². The van der Waals surface area contributed by atoms with Crippen LogP contribution in [0.1, 0.15) is 35.2 Å². The Hall–Kier alpha value is -2.89. The molecule has 6 nitrogen and oxygen atoms in total. The number of rotatable bonds is 4. The van der Waals surface area contributed by atoms with Crippen LogP contribution in [0.15, 0.2) is 36.5 Å². The molecule has 2 aliphatic rings. The fraction of sp³-hybridized carbons (Fsp3) is 0.381. The summed E-state index contributed by atoms with van der Waals surface area (Å²) in [6, 6.07) is 9.38. The van der Waals surface area contributed by atoms with Crippen molar-refractivity contribution in [3.8, 4) is 0 Å². The molecular weight excluding hydrogens is 340 g/mol. The lowest BCUT2D eigenvalue weighted by Crippen LogP contribution is -2.36. The molecule has 2 heterocycles. The second kappa shape index (κ2) is 7.02. The molecule has 27 heavy (non-hydrogen) atoms. The molecule has 2 amide bonds. The minimum Gasteiger partial charge on any atom is -0.362 e. The molecule has 0 spiro atoms. The quantitative estimate of drug-likeness (QED) is 0.905. The van der Waals surface area contributed by atoms with Gasteiger partial charge in [0.25, 0.3) is 5.91 Å². The summed E-state index contributed by atoms with van der Waals surface area (Å²) in [5.74, 6) is 0.829. The number of benzene rings is 1. The number of aryl methyl sites for hydroxylation is 1. The summed E-state index contributed by atoms with van der Waals surface area (Å²) >= 11 is 0. The number of nitrogens with zero attached hydrogens (tertiary/aromatic N) is 3. The average molecular weight is 364 g/mol. The van der Waals surface area contributed by atoms with Gasteiger partial charge in [-0.15, -0.1) is 0 Å². The highest BCUT2D eigenvalue weighted by Gasteiger charge is 2.35. The fourth-order valence-electron chi connectivity index (χ4n) is 3.56. The van der Waals surface area contributed by atoms with E-state index < -0.39 is 0 Å². The predicted molar refractivity (Wildman–Crippen MR) is 106 cm³/mol. The molecule has 1 aliphatic heterocycles. The standard InChI is InChI=1S/C21H24N4O2/c1-24(2)19-17(6-3-11-22-19)20(26)23-16-10-9-14-5-4-12-25(18(14)13-16)21(27)15-7-8-15/h3,6,9-11,13,15H,4-5,7-8,12H2,1-2H3,(H,23,26). The first-order valence-electron chi connectivity index (χ1n) is 9.42. The van der Waals surface area contributed by atoms with Crippen LogP contribution in [0.2, 0.25) is 0 Å². The first-order valence-corrected chi connectivity index (χ1v) is 9.42. The van der Waals surface area contributed by atoms with E-state index >= 15 is 0 Å². The number of fused-ring (bicyclic) bond motifs is 1. The lowest BCUT2D eigenvalue weighted by molar-refractivity contribution is -0.119. The maximum absolute atomic E-state index is 12.8. The van der Waals surface area contributed by atoms with Gasteiger partial charge in [-0.25, -0.2) is 4.98 Å². The molecule has 0 unspecified atom stereocenters. The number of hydrogen-bond donors (Lipinski definition) is 1. The van der Waals surface area contributed by atoms with E-state index in [-0.39, 0.29) is 17.7 Å². The van der Waals surface area contributed by atoms with E-state index in [9.17, 15) is 9.59 Å². The molecule has 1 saturated carbocycles. The molecule has 2 aromatic rings. The topological polar surface area (TPSA) is 65.5 Å². The summed E-state index contributed by atoms with van der Waals surface area (Å²) in [7, 11) is 3.72. The van der Waals surface area contributed by atoms with Crippen LogP contribution in [0.4, 0.5) is 17.2 Å². The van der Waals surface area contributed by atoms with Crippen LogP contribution < -0.4 is 15.1 Å². The third-order valence-electron chi connectivity index (χ3n) is 5.11. The first-order chi connectivity index (χ1) is 13.0. The molecule has 0 atom stereocenters. The Morgan fingerprint density at radius 2 is 2.04 bits per heavy atom. The molecule has 1 fully saturated rings. The smallest absolute Gasteiger partial charge is 0.259 e. The molecule has 0 radical (unpaired) electrons. The van der Waals surface area contributed by atoms with Crippen LogP contribution in [-0.2, 0) is 11.2 Å². The normalized spacial score (nSPS) is 15.9. The van der Waals surface area contributed by atoms with E-state index in [0.717, 1.165) is 37.9 Å². The van der Waals surface area contributed by atoms with Gasteiger partial charge in [-0.2, -0.15) is 0 Å². The summed E-state index contributed by atoms with van der Waals surface area (Å²) in [6.07, 6.45) is 5.61. The second-order valence-electron chi connectivity index (χ2n) is 7.43. The van der Waals surface area contributed by atoms with Gasteiger partial charge in [0.15, 0.2) is 0 Å². The zero-order valence-corrected chi connectivity index (χ0v) is 15.7. The Kier molecular flexibility index (Phi) is 4.56. The Morgan fingerprint density at radius 1 is 1.22 bits per heavy atom. The first kappa shape index (κ1) is 17.5. The van der Waals surface area contributed by atoms with E-state index in [2.05, 4.69) is 10.3 Å². The molecule has 1 N–H and O–H groups in total. The SMILES string of the molecule is CN(C)c1ncccc1C(=O)Nc1ccc2c(c1)N(C(=O)C1CC1)CCC2. The third kappa shape index (κ3) is 3.52. The number of hydrogen-bond acceptors (Lipinski definition) is 4. The molecule has 1 aliphatic carbocycles. The molecule has 1 aromatic heterocycles. The van der Waals surface area contributed by atoms with Crippen molar-refractivity contribution in [1.82, 2.24) is 4.98 Å². The van der Waals surface area contributed by atoms with Crippen molar-refractivity contribution >= 4 is 29.0 Å². The largest absolute Gasteiger partial charge is 0.362 e. The Labute approximate surface area is 159 Å². The highest BCUT2D eigenvalue weighted by atomic mass is 16.2. The van der Waals surface area contributed by atoms with Crippen LogP contribution in [0.25, 0.3) is 0 Å². The highest BCUT2D eigenvalue weighted by molar-refractivity contribution is 6.08. The van der Waals surface area contributed by atoms with Crippen molar-refractivity contribution < 1.29 is 9.59 Å². The van der Waals surface area contributed by atoms with Crippen LogP contribution >= 0.6 is 0 Å². The van der Waals surface area contributed by atoms with Crippen molar-refractivity contribution in [3.05, 3.63) is 47.7 Å². The van der Waals surface area contributed by atoms with E-state index in [1.54, 1.807) is 18.3 Å². The number of pyridine rings is 1. The van der Waals surface area contributed by atoms with Gasteiger partial charge in [-0.05, 0) is 55.5 Å². The van der Waals surface area contributed by atoms with Gasteiger partial charge in [0.2, 0.25) is 5.91 Å². The van der Waals surface area contributed by atoms with Gasteiger partial charge in [-0.1, -0.05) is 6.07 Å². The number of carbonyl (C=O) groups is 2. The maximum atomic E-state index is 12.8. The van der Waals surface area contributed by atoms with Crippen LogP contribution in [0, 0.1) is 5.92 Å². The summed E-state index contributed by atoms with van der Waals surface area (Å²) < 4.78 is 0. The number of anilines is 3. The van der Waals surface area contributed by atoms with Crippen molar-refractivity contribution in [2.45, 2.75) is 25.7 Å². The summed E-state index contributed by atoms with van der Waals surface area (Å²) in [5.41, 5.74) is 3.33. The number of carbonyl (C=O) groups excluding carboxylic acids is 2. The van der Waals surface area contributed by atoms with Crippen LogP contribution in [0.3, 0.4) is 0 Å². The molecule has 140 valence electrons. The van der Waals surface area contributed by atoms with Gasteiger partial charge in [-0.3, -0.25) is 9.59 Å². The zero-order valence-electron chi connectivity index (χ0n) is 15.7. The Morgan fingerprint density at radius 3 is 2.78 bits per heavy atom. The molecular formula is C21H24N4O2. The average Bonchev–Trinajstić information content (AvgIpc) is 3.52. The van der Waals surface area contributed by atoms with E-state index in [1.165, 1.54) is 5.56 Å². The Bertz CT molecular complexity index is 890. The second-order valence-corrected chi connectivity index (χ2v) is 7.43. The van der Waals surface area contributed by atoms with Crippen molar-refractivity contribution in [2.75, 3.05) is 35.8 Å². The number of amides is 2. The van der Waals surface area contributed by atoms with E-state index in [4.69, 9.17) is 0 Å². The van der Waals surface area contributed by atoms with Gasteiger partial charge in [0.05, 0.1) is 5.56 Å². The minimum absolute atomic E-state index is 0.187. The monoisotopic (exact) mass is 364 g/mol. The molecule has 0 saturated heterocycles. The van der Waals surface area contributed by atoms with Crippen molar-refractivity contribution in [1.29, 1.82) is 0 Å². The van der Waals surface area contributed by atoms with E-state index in [0.29, 0.717) is 17.1 Å². The van der Waals surface area contributed by atoms with Crippen LogP contribution in [0.5, 0.6) is 0 Å². The van der Waals surface area contributed by atoms with Crippen LogP contribution in [-0.4, -0.2) is 37.4 Å². The zero-order chi connectivity index (χ0) is 19.0. The fourth-order valence-corrected chi connectivity index (χ4v) is 3.56. The summed E-state index contributed by atoms with van der Waals surface area (Å²) in [6.45, 7) is 0.757. The minimum atomic E-state index is -0.206. The summed E-state index contributed by atoms with van der Waals surface area (Å²) in [4.78, 5) is 33.4. The Balaban J connectivity index is 1.59. The molecule has 4 rings (SSSR count). The molecule has 1 aromatic carbocycles. The maximum Gasteiger partial charge on any atom is 0.259 e. The number of aromatic nitrogens is 1. The van der Waals surface area contributed by atoms with Gasteiger partial charge in [0.1, 0.15) is 5.82 Å². The van der Waals surface area contributed by atoms with Gasteiger partial charge < -0.3 is 15.1 Å². The lowest BCUT2D eigenvalue weighted by atomic mass is 10.0. The number of nitrogens with one attached hydrogen (secondary N) is 1. The predicted octanol–water partition coefficient (Wildman–Crippen LogP) is 3.09. The summed E-state index contributed by atoms with van der Waals surface area (Å²) in [5, 5.41) is 2.96. The van der Waals surface area contributed by atoms with Crippen molar-refractivity contribution in [2.24, 2.45) is 5.92 Å². The third-order valence-corrected chi connectivity index (χ3v) is 5.11. The van der Waals surface area contributed by atoms with Gasteiger partial charge >= 0.3 is 0 Å². The lowest BCUT2D eigenvalue weighted by Gasteiger charge is -2.30. The van der Waals surface area contributed by atoms with Gasteiger partial charge in [0, 0.05) is 44.1 Å². The van der Waals surface area contributed by atoms with Crippen molar-refractivity contribution in [3.63, 3.8) is 0 Å².